The van der Waals surface area contributed by atoms with E-state index in [0.29, 0.717) is 35.4 Å². The van der Waals surface area contributed by atoms with Crippen LogP contribution in [0.15, 0.2) is 97.1 Å². The van der Waals surface area contributed by atoms with Gasteiger partial charge in [0.25, 0.3) is 0 Å². The zero-order valence-corrected chi connectivity index (χ0v) is 41.3. The number of methoxy groups -OCH3 is 1. The fraction of sp³-hybridized carbons (Fsp3) is 0.460. The minimum absolute atomic E-state index is 0.182. The van der Waals surface area contributed by atoms with Crippen molar-refractivity contribution in [3.63, 3.8) is 0 Å². The summed E-state index contributed by atoms with van der Waals surface area (Å²) in [6.07, 6.45) is -26.5. The zero-order chi connectivity index (χ0) is 63.2. The molecule has 0 aliphatic heterocycles. The van der Waals surface area contributed by atoms with Crippen LogP contribution >= 0.6 is 0 Å². The number of hydrogen-bond donors (Lipinski definition) is 2. The Hall–Kier alpha value is -6.73. The highest BCUT2D eigenvalue weighted by Crippen LogP contribution is 2.63. The first-order chi connectivity index (χ1) is 37.7. The molecule has 2 atom stereocenters. The van der Waals surface area contributed by atoms with Crippen molar-refractivity contribution in [2.45, 2.75) is 128 Å². The lowest BCUT2D eigenvalue weighted by molar-refractivity contribution is -0.440. The van der Waals surface area contributed by atoms with Gasteiger partial charge in [-0.3, -0.25) is 4.79 Å². The van der Waals surface area contributed by atoms with Crippen molar-refractivity contribution in [1.29, 1.82) is 0 Å². The number of amides is 2. The van der Waals surface area contributed by atoms with E-state index >= 15 is 0 Å². The lowest BCUT2D eigenvalue weighted by atomic mass is 9.90. The van der Waals surface area contributed by atoms with Crippen molar-refractivity contribution in [1.82, 2.24) is 10.6 Å². The second-order valence-corrected chi connectivity index (χ2v) is 18.7. The number of alkyl halides is 26. The van der Waals surface area contributed by atoms with Crippen molar-refractivity contribution < 1.29 is 138 Å². The summed E-state index contributed by atoms with van der Waals surface area (Å²) >= 11 is 0. The molecule has 2 N–H and O–H groups in total. The number of aryl methyl sites for hydroxylation is 2. The van der Waals surface area contributed by atoms with E-state index in [2.05, 4.69) is 10.6 Å². The molecule has 0 unspecified atom stereocenters. The van der Waals surface area contributed by atoms with Crippen LogP contribution in [0.4, 0.5) is 119 Å². The van der Waals surface area contributed by atoms with Crippen molar-refractivity contribution >= 4 is 18.0 Å². The maximum Gasteiger partial charge on any atom is 0.460 e. The fourth-order valence-electron chi connectivity index (χ4n) is 8.33. The Kier molecular flexibility index (Phi) is 18.6. The monoisotopic (exact) mass is 1240 g/mol. The minimum Gasteiger partial charge on any atom is -0.467 e. The summed E-state index contributed by atoms with van der Waals surface area (Å²) in [6.45, 7) is -1.15. The number of hydrogen-bond acceptors (Lipinski definition) is 5. The van der Waals surface area contributed by atoms with Gasteiger partial charge in [0.2, 0.25) is 5.91 Å². The fourth-order valence-corrected chi connectivity index (χ4v) is 8.33. The summed E-state index contributed by atoms with van der Waals surface area (Å²) in [5.74, 6) is -81.2. The first-order valence-electron chi connectivity index (χ1n) is 23.3. The van der Waals surface area contributed by atoms with Crippen LogP contribution in [0.5, 0.6) is 0 Å². The molecule has 0 spiro atoms. The molecular weight excluding hydrogens is 1200 g/mol. The average molecular weight is 1240 g/mol. The van der Waals surface area contributed by atoms with E-state index < -0.39 is 157 Å². The van der Waals surface area contributed by atoms with E-state index in [-0.39, 0.29) is 28.7 Å². The lowest BCUT2D eigenvalue weighted by Crippen LogP contribution is -2.70. The summed E-state index contributed by atoms with van der Waals surface area (Å²) in [5.41, 5.74) is -1.82. The van der Waals surface area contributed by atoms with E-state index in [1.807, 2.05) is 0 Å². The van der Waals surface area contributed by atoms with Gasteiger partial charge >= 0.3 is 83.6 Å². The van der Waals surface area contributed by atoms with E-state index in [1.54, 1.807) is 36.4 Å². The van der Waals surface area contributed by atoms with Crippen LogP contribution in [-0.2, 0) is 44.7 Å². The Morgan fingerprint density at radius 1 is 0.434 bits per heavy atom. The predicted molar refractivity (Wildman–Crippen MR) is 234 cm³/mol. The standard InChI is InChI=1S/C50H38F26N2O5/c1-82-37(80)35(23-26-10-6-3-7-11-26)77-36(79)34(22-25-8-4-2-5-9-25)78-38(81)83-24-33-31-20-27(16-18-39(51,52)41(55,56)43(59,60)45(63,64)47(67,68)49(71,72)73)12-14-29(31)30-15-13-28(21-32(30)33)17-19-40(53,54)42(57,58)44(61,62)46(65,66)48(69,70)50(74,75)76/h2-15,20-21,33-35H,16-19,22-24H2,1H3,(H,77,79)(H,78,81)/t34-,35-/m0/s1. The molecule has 460 valence electrons. The van der Waals surface area contributed by atoms with E-state index in [9.17, 15) is 129 Å². The molecule has 7 nitrogen and oxygen atoms in total. The Labute approximate surface area is 449 Å². The molecule has 83 heavy (non-hydrogen) atoms. The van der Waals surface area contributed by atoms with Gasteiger partial charge in [-0.05, 0) is 57.3 Å². The molecule has 0 heterocycles. The van der Waals surface area contributed by atoms with Crippen LogP contribution in [0.1, 0.15) is 52.1 Å². The van der Waals surface area contributed by atoms with Gasteiger partial charge in [-0.1, -0.05) is 97.1 Å². The number of halogens is 26. The van der Waals surface area contributed by atoms with Gasteiger partial charge in [0.05, 0.1) is 7.11 Å². The molecule has 4 aromatic carbocycles. The van der Waals surface area contributed by atoms with Gasteiger partial charge in [-0.2, -0.15) is 114 Å². The summed E-state index contributed by atoms with van der Waals surface area (Å²) in [7, 11) is 0.974. The number of carbonyl (C=O) groups is 3. The van der Waals surface area contributed by atoms with Crippen LogP contribution in [0.25, 0.3) is 11.1 Å². The molecule has 33 heteroatoms. The SMILES string of the molecule is COC(=O)[C@H](Cc1ccccc1)NC(=O)[C@H](Cc1ccccc1)NC(=O)OCC1c2cc(CCC(F)(F)C(F)(F)C(F)(F)C(F)(F)C(F)(F)C(F)(F)F)ccc2-c2ccc(CCC(F)(F)C(F)(F)C(F)(F)C(F)(F)C(F)(F)C(F)(F)F)cc21. The Morgan fingerprint density at radius 3 is 1.13 bits per heavy atom. The maximum atomic E-state index is 14.9. The van der Waals surface area contributed by atoms with Crippen LogP contribution in [0, 0.1) is 0 Å². The van der Waals surface area contributed by atoms with E-state index in [1.165, 1.54) is 24.3 Å². The first kappa shape index (κ1) is 67.1. The molecule has 0 bridgehead atoms. The zero-order valence-electron chi connectivity index (χ0n) is 41.3. The molecule has 2 amide bonds. The van der Waals surface area contributed by atoms with E-state index in [0.717, 1.165) is 19.2 Å². The summed E-state index contributed by atoms with van der Waals surface area (Å²) < 4.78 is 371. The highest BCUT2D eigenvalue weighted by molar-refractivity contribution is 5.90. The Balaban J connectivity index is 1.50. The smallest absolute Gasteiger partial charge is 0.460 e. The molecule has 1 aliphatic rings. The van der Waals surface area contributed by atoms with Crippen molar-refractivity contribution in [2.75, 3.05) is 13.7 Å². The average Bonchev–Trinajstić information content (AvgIpc) is 1.90. The summed E-state index contributed by atoms with van der Waals surface area (Å²) in [5, 5.41) is 4.58. The minimum atomic E-state index is -8.23. The van der Waals surface area contributed by atoms with Crippen LogP contribution < -0.4 is 10.6 Å². The summed E-state index contributed by atoms with van der Waals surface area (Å²) in [4.78, 5) is 40.2. The molecule has 1 aliphatic carbocycles. The number of carbonyl (C=O) groups excluding carboxylic acids is 3. The maximum absolute atomic E-state index is 14.9. The number of nitrogens with one attached hydrogen (secondary N) is 2. The number of fused-ring (bicyclic) bond motifs is 3. The largest absolute Gasteiger partial charge is 0.467 e. The Bertz CT molecular complexity index is 2820. The lowest BCUT2D eigenvalue weighted by Gasteiger charge is -2.39. The number of ether oxygens (including phenoxy) is 2. The second kappa shape index (κ2) is 23.0. The number of benzene rings is 4. The van der Waals surface area contributed by atoms with Crippen molar-refractivity contribution in [2.24, 2.45) is 0 Å². The highest BCUT2D eigenvalue weighted by Gasteiger charge is 2.92. The molecule has 0 fully saturated rings. The summed E-state index contributed by atoms with van der Waals surface area (Å²) in [6, 6.07) is 16.7. The normalized spacial score (nSPS) is 15.3. The molecule has 0 saturated carbocycles. The van der Waals surface area contributed by atoms with Gasteiger partial charge in [-0.25, -0.2) is 9.59 Å². The third-order valence-corrected chi connectivity index (χ3v) is 13.1. The molecule has 0 aromatic heterocycles. The van der Waals surface area contributed by atoms with Crippen molar-refractivity contribution in [3.8, 4) is 11.1 Å². The van der Waals surface area contributed by atoms with Gasteiger partial charge < -0.3 is 20.1 Å². The topological polar surface area (TPSA) is 93.7 Å². The molecular formula is C50H38F26N2O5. The molecule has 0 radical (unpaired) electrons. The number of alkyl carbamates (subject to hydrolysis) is 1. The highest BCUT2D eigenvalue weighted by atomic mass is 19.4. The van der Waals surface area contributed by atoms with E-state index in [4.69, 9.17) is 9.47 Å². The molecule has 4 aromatic rings. The first-order valence-corrected chi connectivity index (χ1v) is 23.3. The van der Waals surface area contributed by atoms with Gasteiger partial charge in [-0.15, -0.1) is 0 Å². The van der Waals surface area contributed by atoms with Gasteiger partial charge in [0, 0.05) is 31.6 Å². The van der Waals surface area contributed by atoms with Gasteiger partial charge in [0.1, 0.15) is 18.7 Å². The van der Waals surface area contributed by atoms with Crippen LogP contribution in [0.2, 0.25) is 0 Å². The van der Waals surface area contributed by atoms with Crippen molar-refractivity contribution in [3.05, 3.63) is 130 Å². The third kappa shape index (κ3) is 12.4. The molecule has 5 rings (SSSR count). The van der Waals surface area contributed by atoms with Crippen LogP contribution in [0.3, 0.4) is 0 Å². The van der Waals surface area contributed by atoms with Gasteiger partial charge in [0.15, 0.2) is 0 Å². The Morgan fingerprint density at radius 2 is 0.783 bits per heavy atom. The third-order valence-electron chi connectivity index (χ3n) is 13.1. The quantitative estimate of drug-likeness (QED) is 0.0539. The van der Waals surface area contributed by atoms with Crippen LogP contribution in [-0.4, -0.2) is 115 Å². The predicted octanol–water partition coefficient (Wildman–Crippen LogP) is 14.4. The number of rotatable bonds is 24. The number of esters is 1. The molecule has 0 saturated heterocycles. The second-order valence-electron chi connectivity index (χ2n) is 18.7.